The Morgan fingerprint density at radius 2 is 1.62 bits per heavy atom. The Bertz CT molecular complexity index is 1000. The summed E-state index contributed by atoms with van der Waals surface area (Å²) >= 11 is 0. The molecule has 26 heavy (non-hydrogen) atoms. The number of aromatic amines is 1. The third-order valence-electron chi connectivity index (χ3n) is 5.89. The highest BCUT2D eigenvalue weighted by molar-refractivity contribution is 5.82. The maximum absolute atomic E-state index is 4.76. The number of hydrogen-bond donors (Lipinski definition) is 1. The second-order valence-corrected chi connectivity index (χ2v) is 7.54. The number of para-hydroxylation sites is 3. The molecule has 0 saturated heterocycles. The van der Waals surface area contributed by atoms with Crippen molar-refractivity contribution < 1.29 is 0 Å². The SMILES string of the molecule is c1ccc2[nH]c(C[C@H]3CC[C@@H](c4ccnc5ccccc54)CC3)nc2c1. The van der Waals surface area contributed by atoms with Crippen molar-refractivity contribution in [2.45, 2.75) is 38.0 Å². The average Bonchev–Trinajstić information content (AvgIpc) is 3.10. The Labute approximate surface area is 153 Å². The predicted molar refractivity (Wildman–Crippen MR) is 106 cm³/mol. The summed E-state index contributed by atoms with van der Waals surface area (Å²) in [5.74, 6) is 2.54. The molecule has 2 heterocycles. The van der Waals surface area contributed by atoms with Gasteiger partial charge in [-0.15, -0.1) is 0 Å². The number of hydrogen-bond acceptors (Lipinski definition) is 2. The maximum Gasteiger partial charge on any atom is 0.107 e. The number of H-pyrrole nitrogens is 1. The van der Waals surface area contributed by atoms with Crippen molar-refractivity contribution >= 4 is 21.9 Å². The summed E-state index contributed by atoms with van der Waals surface area (Å²) in [5, 5.41) is 1.33. The summed E-state index contributed by atoms with van der Waals surface area (Å²) in [4.78, 5) is 12.8. The van der Waals surface area contributed by atoms with Gasteiger partial charge in [-0.3, -0.25) is 4.98 Å². The summed E-state index contributed by atoms with van der Waals surface area (Å²) in [6.07, 6.45) is 8.12. The molecule has 0 atom stereocenters. The molecule has 1 aliphatic carbocycles. The van der Waals surface area contributed by atoms with Crippen molar-refractivity contribution in [3.05, 3.63) is 72.2 Å². The standard InChI is InChI=1S/C23H23N3/c1-2-6-20-19(5-1)18(13-14-24-20)17-11-9-16(10-12-17)15-23-25-21-7-3-4-8-22(21)26-23/h1-8,13-14,16-17H,9-12,15H2,(H,25,26)/t16-,17+. The Kier molecular flexibility index (Phi) is 3.93. The van der Waals surface area contributed by atoms with Crippen LogP contribution in [0.15, 0.2) is 60.8 Å². The summed E-state index contributed by atoms with van der Waals surface area (Å²) < 4.78 is 0. The van der Waals surface area contributed by atoms with Gasteiger partial charge in [-0.2, -0.15) is 0 Å². The van der Waals surface area contributed by atoms with Gasteiger partial charge in [0, 0.05) is 18.0 Å². The van der Waals surface area contributed by atoms with Crippen LogP contribution in [0.2, 0.25) is 0 Å². The summed E-state index contributed by atoms with van der Waals surface area (Å²) in [5.41, 5.74) is 4.84. The first kappa shape index (κ1) is 15.6. The maximum atomic E-state index is 4.76. The number of rotatable bonds is 3. The fourth-order valence-electron chi connectivity index (χ4n) is 4.53. The van der Waals surface area contributed by atoms with E-state index in [-0.39, 0.29) is 0 Å². The number of nitrogens with zero attached hydrogens (tertiary/aromatic N) is 2. The minimum Gasteiger partial charge on any atom is -0.342 e. The molecule has 5 rings (SSSR count). The second-order valence-electron chi connectivity index (χ2n) is 7.54. The van der Waals surface area contributed by atoms with Gasteiger partial charge in [-0.05, 0) is 67.3 Å². The molecule has 3 nitrogen and oxygen atoms in total. The van der Waals surface area contributed by atoms with E-state index in [0.29, 0.717) is 5.92 Å². The number of pyridine rings is 1. The summed E-state index contributed by atoms with van der Waals surface area (Å²) in [6.45, 7) is 0. The van der Waals surface area contributed by atoms with Crippen molar-refractivity contribution in [3.8, 4) is 0 Å². The van der Waals surface area contributed by atoms with Crippen LogP contribution in [0.5, 0.6) is 0 Å². The largest absolute Gasteiger partial charge is 0.342 e. The van der Waals surface area contributed by atoms with Gasteiger partial charge in [0.1, 0.15) is 5.82 Å². The molecule has 1 aliphatic rings. The van der Waals surface area contributed by atoms with Gasteiger partial charge in [0.05, 0.1) is 16.6 Å². The van der Waals surface area contributed by atoms with E-state index in [1.54, 1.807) is 0 Å². The molecular formula is C23H23N3. The van der Waals surface area contributed by atoms with E-state index in [4.69, 9.17) is 4.98 Å². The van der Waals surface area contributed by atoms with Crippen LogP contribution in [-0.4, -0.2) is 15.0 Å². The highest BCUT2D eigenvalue weighted by atomic mass is 14.9. The van der Waals surface area contributed by atoms with E-state index in [1.807, 2.05) is 6.20 Å². The van der Waals surface area contributed by atoms with Crippen LogP contribution in [0.25, 0.3) is 21.9 Å². The van der Waals surface area contributed by atoms with Gasteiger partial charge >= 0.3 is 0 Å². The molecule has 2 aromatic heterocycles. The fraction of sp³-hybridized carbons (Fsp3) is 0.304. The number of benzene rings is 2. The van der Waals surface area contributed by atoms with Crippen molar-refractivity contribution in [2.24, 2.45) is 5.92 Å². The molecule has 1 fully saturated rings. The van der Waals surface area contributed by atoms with Crippen LogP contribution in [0, 0.1) is 5.92 Å². The summed E-state index contributed by atoms with van der Waals surface area (Å²) in [7, 11) is 0. The Hall–Kier alpha value is -2.68. The molecule has 4 aromatic rings. The number of imidazole rings is 1. The smallest absolute Gasteiger partial charge is 0.107 e. The minimum atomic E-state index is 0.662. The van der Waals surface area contributed by atoms with Crippen LogP contribution in [0.1, 0.15) is 43.0 Å². The van der Waals surface area contributed by atoms with Gasteiger partial charge < -0.3 is 4.98 Å². The Morgan fingerprint density at radius 3 is 2.46 bits per heavy atom. The normalized spacial score (nSPS) is 20.6. The van der Waals surface area contributed by atoms with E-state index in [2.05, 4.69) is 64.6 Å². The molecule has 0 amide bonds. The van der Waals surface area contributed by atoms with E-state index in [9.17, 15) is 0 Å². The first-order valence-electron chi connectivity index (χ1n) is 9.64. The molecule has 1 saturated carbocycles. The molecular weight excluding hydrogens is 318 g/mol. The van der Waals surface area contributed by atoms with Crippen LogP contribution in [0.4, 0.5) is 0 Å². The van der Waals surface area contributed by atoms with E-state index in [1.165, 1.54) is 36.6 Å². The second kappa shape index (κ2) is 6.56. The van der Waals surface area contributed by atoms with E-state index >= 15 is 0 Å². The zero-order valence-electron chi connectivity index (χ0n) is 14.9. The third kappa shape index (κ3) is 2.88. The monoisotopic (exact) mass is 341 g/mol. The highest BCUT2D eigenvalue weighted by Crippen LogP contribution is 2.39. The van der Waals surface area contributed by atoms with Gasteiger partial charge in [0.15, 0.2) is 0 Å². The first-order valence-corrected chi connectivity index (χ1v) is 9.64. The van der Waals surface area contributed by atoms with Crippen LogP contribution < -0.4 is 0 Å². The fourth-order valence-corrected chi connectivity index (χ4v) is 4.53. The Balaban J connectivity index is 1.30. The number of fused-ring (bicyclic) bond motifs is 2. The van der Waals surface area contributed by atoms with E-state index < -0.39 is 0 Å². The molecule has 0 aliphatic heterocycles. The molecule has 3 heteroatoms. The van der Waals surface area contributed by atoms with Gasteiger partial charge in [0.25, 0.3) is 0 Å². The first-order chi connectivity index (χ1) is 12.9. The number of nitrogens with one attached hydrogen (secondary N) is 1. The van der Waals surface area contributed by atoms with Gasteiger partial charge in [0.2, 0.25) is 0 Å². The van der Waals surface area contributed by atoms with Crippen LogP contribution in [0.3, 0.4) is 0 Å². The highest BCUT2D eigenvalue weighted by Gasteiger charge is 2.24. The lowest BCUT2D eigenvalue weighted by atomic mass is 9.77. The lowest BCUT2D eigenvalue weighted by Crippen LogP contribution is -2.16. The van der Waals surface area contributed by atoms with Gasteiger partial charge in [-0.1, -0.05) is 30.3 Å². The summed E-state index contributed by atoms with van der Waals surface area (Å²) in [6, 6.07) is 19.1. The quantitative estimate of drug-likeness (QED) is 0.525. The molecule has 0 radical (unpaired) electrons. The predicted octanol–water partition coefficient (Wildman–Crippen LogP) is 5.63. The lowest BCUT2D eigenvalue weighted by molar-refractivity contribution is 0.322. The lowest BCUT2D eigenvalue weighted by Gasteiger charge is -2.29. The van der Waals surface area contributed by atoms with Crippen molar-refractivity contribution in [1.82, 2.24) is 15.0 Å². The minimum absolute atomic E-state index is 0.662. The topological polar surface area (TPSA) is 41.6 Å². The zero-order valence-corrected chi connectivity index (χ0v) is 14.9. The van der Waals surface area contributed by atoms with Gasteiger partial charge in [-0.25, -0.2) is 4.98 Å². The van der Waals surface area contributed by atoms with Crippen LogP contribution in [-0.2, 0) is 6.42 Å². The number of aromatic nitrogens is 3. The molecule has 0 unspecified atom stereocenters. The molecule has 0 bridgehead atoms. The molecule has 0 spiro atoms. The van der Waals surface area contributed by atoms with E-state index in [0.717, 1.165) is 34.7 Å². The molecule has 130 valence electrons. The molecule has 1 N–H and O–H groups in total. The molecule has 2 aromatic carbocycles. The van der Waals surface area contributed by atoms with Crippen molar-refractivity contribution in [3.63, 3.8) is 0 Å². The van der Waals surface area contributed by atoms with Crippen molar-refractivity contribution in [1.29, 1.82) is 0 Å². The Morgan fingerprint density at radius 1 is 0.846 bits per heavy atom. The third-order valence-corrected chi connectivity index (χ3v) is 5.89. The zero-order chi connectivity index (χ0) is 17.3. The van der Waals surface area contributed by atoms with Crippen LogP contribution >= 0.6 is 0 Å². The van der Waals surface area contributed by atoms with Crippen molar-refractivity contribution in [2.75, 3.05) is 0 Å². The average molecular weight is 341 g/mol.